The standard InChI is InChI=1S/C8H12O4S/c1-4-5-3-6-8(2,11-5)7(4)13(9,10)12-6/h4-7H,3H2,1-2H3. The number of hydrogen-bond acceptors (Lipinski definition) is 4. The van der Waals surface area contributed by atoms with E-state index in [-0.39, 0.29) is 18.1 Å². The van der Waals surface area contributed by atoms with E-state index in [1.807, 2.05) is 13.8 Å². The maximum Gasteiger partial charge on any atom is 0.273 e. The average Bonchev–Trinajstić information content (AvgIpc) is 2.40. The first-order valence-electron chi connectivity index (χ1n) is 4.55. The van der Waals surface area contributed by atoms with Crippen molar-refractivity contribution in [1.29, 1.82) is 0 Å². The summed E-state index contributed by atoms with van der Waals surface area (Å²) in [7, 11) is -3.36. The summed E-state index contributed by atoms with van der Waals surface area (Å²) in [6.45, 7) is 3.79. The summed E-state index contributed by atoms with van der Waals surface area (Å²) >= 11 is 0. The van der Waals surface area contributed by atoms with Crippen molar-refractivity contribution in [2.45, 2.75) is 43.3 Å². The van der Waals surface area contributed by atoms with Gasteiger partial charge in [0.2, 0.25) is 0 Å². The third-order valence-electron chi connectivity index (χ3n) is 3.68. The second kappa shape index (κ2) is 1.94. The van der Waals surface area contributed by atoms with Crippen LogP contribution in [0.2, 0.25) is 0 Å². The van der Waals surface area contributed by atoms with E-state index in [9.17, 15) is 8.42 Å². The molecule has 0 saturated carbocycles. The Balaban J connectivity index is 2.21. The van der Waals surface area contributed by atoms with Crippen molar-refractivity contribution >= 4 is 10.1 Å². The van der Waals surface area contributed by atoms with E-state index in [2.05, 4.69) is 0 Å². The molecule has 3 saturated heterocycles. The highest BCUT2D eigenvalue weighted by Gasteiger charge is 2.71. The molecule has 0 radical (unpaired) electrons. The van der Waals surface area contributed by atoms with E-state index in [0.29, 0.717) is 0 Å². The topological polar surface area (TPSA) is 52.6 Å². The van der Waals surface area contributed by atoms with Gasteiger partial charge in [0.05, 0.1) is 6.10 Å². The smallest absolute Gasteiger partial charge is 0.273 e. The van der Waals surface area contributed by atoms with Crippen molar-refractivity contribution in [2.24, 2.45) is 5.92 Å². The predicted octanol–water partition coefficient (Wildman–Crippen LogP) is 0.281. The molecule has 0 aromatic rings. The van der Waals surface area contributed by atoms with E-state index in [1.165, 1.54) is 0 Å². The van der Waals surface area contributed by atoms with Gasteiger partial charge in [-0.05, 0) is 6.92 Å². The first-order chi connectivity index (χ1) is 5.95. The lowest BCUT2D eigenvalue weighted by molar-refractivity contribution is -0.000387. The SMILES string of the molecule is CC1C2CC3OS(=O)(=O)C1C3(C)O2. The van der Waals surface area contributed by atoms with Crippen LogP contribution < -0.4 is 0 Å². The fourth-order valence-electron chi connectivity index (χ4n) is 3.09. The van der Waals surface area contributed by atoms with Crippen molar-refractivity contribution < 1.29 is 17.3 Å². The fourth-order valence-corrected chi connectivity index (χ4v) is 5.29. The quantitative estimate of drug-likeness (QED) is 0.532. The molecule has 3 fully saturated rings. The van der Waals surface area contributed by atoms with Crippen LogP contribution in [0.4, 0.5) is 0 Å². The second-order valence-corrected chi connectivity index (χ2v) is 6.12. The highest BCUT2D eigenvalue weighted by molar-refractivity contribution is 7.87. The highest BCUT2D eigenvalue weighted by Crippen LogP contribution is 2.56. The Labute approximate surface area is 77.3 Å². The van der Waals surface area contributed by atoms with Crippen LogP contribution in [-0.2, 0) is 19.0 Å². The summed E-state index contributed by atoms with van der Waals surface area (Å²) < 4.78 is 33.9. The zero-order chi connectivity index (χ0) is 9.43. The first-order valence-corrected chi connectivity index (χ1v) is 6.02. The minimum Gasteiger partial charge on any atom is -0.367 e. The summed E-state index contributed by atoms with van der Waals surface area (Å²) in [5.41, 5.74) is -0.567. The van der Waals surface area contributed by atoms with Gasteiger partial charge in [-0.25, -0.2) is 0 Å². The van der Waals surface area contributed by atoms with Gasteiger partial charge in [-0.15, -0.1) is 0 Å². The van der Waals surface area contributed by atoms with Gasteiger partial charge in [0.15, 0.2) is 0 Å². The zero-order valence-electron chi connectivity index (χ0n) is 7.56. The monoisotopic (exact) mass is 204 g/mol. The average molecular weight is 204 g/mol. The highest BCUT2D eigenvalue weighted by atomic mass is 32.2. The normalized spacial score (nSPS) is 61.7. The van der Waals surface area contributed by atoms with Crippen LogP contribution in [-0.4, -0.2) is 31.5 Å². The Morgan fingerprint density at radius 2 is 2.15 bits per heavy atom. The third kappa shape index (κ3) is 0.727. The van der Waals surface area contributed by atoms with Crippen LogP contribution in [0, 0.1) is 5.92 Å². The van der Waals surface area contributed by atoms with Crippen LogP contribution in [0.3, 0.4) is 0 Å². The minimum absolute atomic E-state index is 0.0775. The number of fused-ring (bicyclic) bond motifs is 1. The molecule has 0 aromatic heterocycles. The molecule has 0 aromatic carbocycles. The van der Waals surface area contributed by atoms with Gasteiger partial charge in [0.25, 0.3) is 10.1 Å². The maximum atomic E-state index is 11.6. The van der Waals surface area contributed by atoms with E-state index in [4.69, 9.17) is 8.92 Å². The molecular weight excluding hydrogens is 192 g/mol. The Morgan fingerprint density at radius 3 is 2.69 bits per heavy atom. The summed E-state index contributed by atoms with van der Waals surface area (Å²) in [6, 6.07) is 0. The van der Waals surface area contributed by atoms with Gasteiger partial charge in [0.1, 0.15) is 17.0 Å². The molecule has 0 aliphatic carbocycles. The predicted molar refractivity (Wildman–Crippen MR) is 44.6 cm³/mol. The van der Waals surface area contributed by atoms with E-state index < -0.39 is 21.0 Å². The molecule has 3 rings (SSSR count). The fraction of sp³-hybridized carbons (Fsp3) is 1.00. The van der Waals surface area contributed by atoms with Gasteiger partial charge in [-0.3, -0.25) is 4.18 Å². The van der Waals surface area contributed by atoms with Crippen molar-refractivity contribution in [1.82, 2.24) is 0 Å². The molecule has 3 aliphatic heterocycles. The van der Waals surface area contributed by atoms with Gasteiger partial charge >= 0.3 is 0 Å². The largest absolute Gasteiger partial charge is 0.367 e. The molecule has 0 spiro atoms. The number of hydrogen-bond donors (Lipinski definition) is 0. The molecular formula is C8H12O4S. The maximum absolute atomic E-state index is 11.6. The van der Waals surface area contributed by atoms with Crippen molar-refractivity contribution in [2.75, 3.05) is 0 Å². The van der Waals surface area contributed by atoms with Gasteiger partial charge < -0.3 is 4.74 Å². The summed E-state index contributed by atoms with van der Waals surface area (Å²) in [5.74, 6) is 0.0775. The van der Waals surface area contributed by atoms with Crippen LogP contribution >= 0.6 is 0 Å². The van der Waals surface area contributed by atoms with Crippen molar-refractivity contribution in [3.05, 3.63) is 0 Å². The Hall–Kier alpha value is -0.130. The van der Waals surface area contributed by atoms with E-state index in [1.54, 1.807) is 0 Å². The lowest BCUT2D eigenvalue weighted by Gasteiger charge is -2.24. The van der Waals surface area contributed by atoms with Crippen LogP contribution in [0.15, 0.2) is 0 Å². The summed E-state index contributed by atoms with van der Waals surface area (Å²) in [6.07, 6.45) is 0.578. The van der Waals surface area contributed by atoms with Gasteiger partial charge in [0, 0.05) is 12.3 Å². The number of ether oxygens (including phenoxy) is 1. The molecule has 4 nitrogen and oxygen atoms in total. The van der Waals surface area contributed by atoms with Gasteiger partial charge in [-0.2, -0.15) is 8.42 Å². The molecule has 5 heteroatoms. The zero-order valence-corrected chi connectivity index (χ0v) is 8.37. The van der Waals surface area contributed by atoms with Crippen molar-refractivity contribution in [3.63, 3.8) is 0 Å². The van der Waals surface area contributed by atoms with Crippen LogP contribution in [0.1, 0.15) is 20.3 Å². The molecule has 3 heterocycles. The van der Waals surface area contributed by atoms with E-state index >= 15 is 0 Å². The first kappa shape index (κ1) is 8.20. The third-order valence-corrected chi connectivity index (χ3v) is 5.70. The molecule has 5 unspecified atom stereocenters. The Morgan fingerprint density at radius 1 is 1.46 bits per heavy atom. The lowest BCUT2D eigenvalue weighted by Crippen LogP contribution is -2.43. The number of rotatable bonds is 0. The molecule has 5 atom stereocenters. The second-order valence-electron chi connectivity index (χ2n) is 4.43. The summed E-state index contributed by atoms with van der Waals surface area (Å²) in [5, 5.41) is -0.441. The molecule has 74 valence electrons. The minimum atomic E-state index is -3.36. The lowest BCUT2D eigenvalue weighted by atomic mass is 9.81. The van der Waals surface area contributed by atoms with Crippen molar-refractivity contribution in [3.8, 4) is 0 Å². The molecule has 13 heavy (non-hydrogen) atoms. The molecule has 3 aliphatic rings. The van der Waals surface area contributed by atoms with Crippen LogP contribution in [0.25, 0.3) is 0 Å². The van der Waals surface area contributed by atoms with E-state index in [0.717, 1.165) is 6.42 Å². The van der Waals surface area contributed by atoms with Gasteiger partial charge in [-0.1, -0.05) is 6.92 Å². The Kier molecular flexibility index (Phi) is 1.23. The molecule has 0 N–H and O–H groups in total. The van der Waals surface area contributed by atoms with Crippen LogP contribution in [0.5, 0.6) is 0 Å². The molecule has 2 bridgehead atoms. The summed E-state index contributed by atoms with van der Waals surface area (Å²) in [4.78, 5) is 0. The molecule has 0 amide bonds. The Bertz CT molecular complexity index is 362.